The number of unbranched alkanes of at least 4 members (excludes halogenated alkanes) is 3. The van der Waals surface area contributed by atoms with E-state index in [0.29, 0.717) is 18.3 Å². The highest BCUT2D eigenvalue weighted by molar-refractivity contribution is 5.75. The third kappa shape index (κ3) is 6.76. The summed E-state index contributed by atoms with van der Waals surface area (Å²) in [6.45, 7) is 2.17. The van der Waals surface area contributed by atoms with Gasteiger partial charge in [0.25, 0.3) is 0 Å². The lowest BCUT2D eigenvalue weighted by molar-refractivity contribution is -0.128. The van der Waals surface area contributed by atoms with Crippen LogP contribution in [-0.2, 0) is 4.79 Å². The van der Waals surface area contributed by atoms with Crippen LogP contribution in [0.4, 0.5) is 0 Å². The van der Waals surface area contributed by atoms with Gasteiger partial charge in [-0.1, -0.05) is 50.0 Å². The quantitative estimate of drug-likeness (QED) is 0.421. The molecule has 0 unspecified atom stereocenters. The van der Waals surface area contributed by atoms with E-state index in [4.69, 9.17) is 0 Å². The number of amides is 1. The number of nitrogens with zero attached hydrogens (tertiary/aromatic N) is 1. The summed E-state index contributed by atoms with van der Waals surface area (Å²) < 4.78 is 0. The maximum Gasteiger partial charge on any atom is 0.222 e. The van der Waals surface area contributed by atoms with E-state index >= 15 is 0 Å². The smallest absolute Gasteiger partial charge is 0.222 e. The van der Waals surface area contributed by atoms with Gasteiger partial charge >= 0.3 is 0 Å². The Balaban J connectivity index is 1.76. The van der Waals surface area contributed by atoms with Gasteiger partial charge in [-0.3, -0.25) is 4.79 Å². The topological polar surface area (TPSA) is 60.8 Å². The number of aliphatic hydroxyl groups is 2. The van der Waals surface area contributed by atoms with Gasteiger partial charge in [0.1, 0.15) is 0 Å². The van der Waals surface area contributed by atoms with E-state index in [2.05, 4.69) is 19.1 Å². The summed E-state index contributed by atoms with van der Waals surface area (Å²) in [5, 5.41) is 20.6. The average molecular weight is 378 g/mol. The van der Waals surface area contributed by atoms with Crippen molar-refractivity contribution in [2.24, 2.45) is 17.8 Å². The average Bonchev–Trinajstić information content (AvgIpc) is 3.13. The van der Waals surface area contributed by atoms with E-state index < -0.39 is 0 Å². The van der Waals surface area contributed by atoms with Gasteiger partial charge in [0.05, 0.1) is 12.2 Å². The molecule has 1 amide bonds. The van der Waals surface area contributed by atoms with Crippen molar-refractivity contribution in [2.75, 3.05) is 14.1 Å². The van der Waals surface area contributed by atoms with Crippen molar-refractivity contribution >= 4 is 5.91 Å². The fourth-order valence-electron chi connectivity index (χ4n) is 4.60. The molecule has 2 aliphatic rings. The van der Waals surface area contributed by atoms with Crippen LogP contribution in [0.5, 0.6) is 0 Å². The Hall–Kier alpha value is -1.13. The first-order valence-electron chi connectivity index (χ1n) is 10.9. The molecule has 1 saturated carbocycles. The van der Waals surface area contributed by atoms with E-state index in [9.17, 15) is 15.0 Å². The third-order valence-electron chi connectivity index (χ3n) is 6.25. The van der Waals surface area contributed by atoms with Crippen molar-refractivity contribution in [3.63, 3.8) is 0 Å². The summed E-state index contributed by atoms with van der Waals surface area (Å²) in [6.07, 6.45) is 15.5. The Labute approximate surface area is 165 Å². The number of rotatable bonds is 11. The summed E-state index contributed by atoms with van der Waals surface area (Å²) in [7, 11) is 3.62. The van der Waals surface area contributed by atoms with Gasteiger partial charge in [-0.05, 0) is 50.4 Å². The van der Waals surface area contributed by atoms with Crippen molar-refractivity contribution in [3.05, 3.63) is 23.8 Å². The van der Waals surface area contributed by atoms with Crippen molar-refractivity contribution in [1.82, 2.24) is 4.90 Å². The van der Waals surface area contributed by atoms with Gasteiger partial charge in [0, 0.05) is 26.4 Å². The number of carbonyl (C=O) groups excluding carboxylic acids is 1. The number of allylic oxidation sites excluding steroid dienone is 2. The van der Waals surface area contributed by atoms with E-state index in [1.165, 1.54) is 12.0 Å². The second-order valence-corrected chi connectivity index (χ2v) is 8.68. The Morgan fingerprint density at radius 3 is 2.78 bits per heavy atom. The zero-order valence-corrected chi connectivity index (χ0v) is 17.4. The molecule has 27 heavy (non-hydrogen) atoms. The van der Waals surface area contributed by atoms with Crippen molar-refractivity contribution in [3.8, 4) is 0 Å². The molecule has 1 fully saturated rings. The zero-order chi connectivity index (χ0) is 19.8. The number of hydrogen-bond acceptors (Lipinski definition) is 3. The van der Waals surface area contributed by atoms with Crippen LogP contribution >= 0.6 is 0 Å². The Morgan fingerprint density at radius 2 is 2.07 bits per heavy atom. The van der Waals surface area contributed by atoms with Gasteiger partial charge in [-0.2, -0.15) is 0 Å². The van der Waals surface area contributed by atoms with Crippen LogP contribution in [0.15, 0.2) is 23.8 Å². The lowest BCUT2D eigenvalue weighted by Crippen LogP contribution is -2.21. The zero-order valence-electron chi connectivity index (χ0n) is 17.4. The normalized spacial score (nSPS) is 28.4. The van der Waals surface area contributed by atoms with Gasteiger partial charge in [0.15, 0.2) is 0 Å². The third-order valence-corrected chi connectivity index (χ3v) is 6.25. The first-order chi connectivity index (χ1) is 12.9. The highest BCUT2D eigenvalue weighted by Crippen LogP contribution is 2.48. The monoisotopic (exact) mass is 377 g/mol. The molecule has 2 aliphatic carbocycles. The lowest BCUT2D eigenvalue weighted by atomic mass is 9.88. The molecule has 0 radical (unpaired) electrons. The molecule has 2 N–H and O–H groups in total. The van der Waals surface area contributed by atoms with Crippen molar-refractivity contribution in [1.29, 1.82) is 0 Å². The predicted octanol–water partition coefficient (Wildman–Crippen LogP) is 4.08. The first kappa shape index (κ1) is 22.2. The maximum atomic E-state index is 11.6. The highest BCUT2D eigenvalue weighted by atomic mass is 16.3. The van der Waals surface area contributed by atoms with Gasteiger partial charge in [-0.15, -0.1) is 0 Å². The second kappa shape index (κ2) is 11.0. The Kier molecular flexibility index (Phi) is 9.04. The number of aliphatic hydroxyl groups excluding tert-OH is 2. The molecule has 0 aromatic rings. The molecule has 0 spiro atoms. The minimum absolute atomic E-state index is 0.167. The molecule has 0 heterocycles. The SMILES string of the molecule is CCCCC[C@@H](O)C=C[C@@H]1[C@H]2CC(CCCCC(=O)N(C)C)=C[C@H]2C[C@H]1O. The van der Waals surface area contributed by atoms with Crippen LogP contribution in [-0.4, -0.2) is 47.3 Å². The Bertz CT molecular complexity index is 526. The highest BCUT2D eigenvalue weighted by Gasteiger charge is 2.43. The van der Waals surface area contributed by atoms with E-state index in [1.54, 1.807) is 4.90 Å². The van der Waals surface area contributed by atoms with E-state index in [0.717, 1.165) is 51.4 Å². The molecule has 0 bridgehead atoms. The molecule has 0 aliphatic heterocycles. The fraction of sp³-hybridized carbons (Fsp3) is 0.783. The summed E-state index contributed by atoms with van der Waals surface area (Å²) >= 11 is 0. The van der Waals surface area contributed by atoms with Gasteiger partial charge < -0.3 is 15.1 Å². The molecule has 5 atom stereocenters. The molecule has 4 nitrogen and oxygen atoms in total. The van der Waals surface area contributed by atoms with Crippen LogP contribution in [0.2, 0.25) is 0 Å². The number of hydrogen-bond donors (Lipinski definition) is 2. The molecule has 4 heteroatoms. The molecular weight excluding hydrogens is 338 g/mol. The maximum absolute atomic E-state index is 11.6. The van der Waals surface area contributed by atoms with Crippen molar-refractivity contribution < 1.29 is 15.0 Å². The molecule has 154 valence electrons. The molecule has 0 saturated heterocycles. The molecule has 0 aromatic heterocycles. The summed E-state index contributed by atoms with van der Waals surface area (Å²) in [4.78, 5) is 13.3. The van der Waals surface area contributed by atoms with E-state index in [-0.39, 0.29) is 24.0 Å². The number of carbonyl (C=O) groups is 1. The summed E-state index contributed by atoms with van der Waals surface area (Å²) in [5.41, 5.74) is 1.50. The van der Waals surface area contributed by atoms with E-state index in [1.807, 2.05) is 20.2 Å². The summed E-state index contributed by atoms with van der Waals surface area (Å²) in [5.74, 6) is 1.33. The standard InChI is InChI=1S/C23H39NO3/c1-4-5-6-10-19(25)12-13-20-21-15-17(14-18(21)16-22(20)26)9-7-8-11-23(27)24(2)3/h12-14,18-22,25-26H,4-11,15-16H2,1-3H3/t18-,19+,20+,21-,22+/m0/s1. The minimum Gasteiger partial charge on any atom is -0.392 e. The lowest BCUT2D eigenvalue weighted by Gasteiger charge is -2.19. The Morgan fingerprint density at radius 1 is 1.30 bits per heavy atom. The van der Waals surface area contributed by atoms with Crippen LogP contribution in [0.1, 0.15) is 71.1 Å². The molecular formula is C23H39NO3. The van der Waals surface area contributed by atoms with Gasteiger partial charge in [-0.25, -0.2) is 0 Å². The predicted molar refractivity (Wildman–Crippen MR) is 110 cm³/mol. The van der Waals surface area contributed by atoms with Crippen LogP contribution in [0, 0.1) is 17.8 Å². The largest absolute Gasteiger partial charge is 0.392 e. The molecule has 0 aromatic carbocycles. The van der Waals surface area contributed by atoms with Crippen molar-refractivity contribution in [2.45, 2.75) is 83.3 Å². The van der Waals surface area contributed by atoms with Crippen LogP contribution < -0.4 is 0 Å². The first-order valence-corrected chi connectivity index (χ1v) is 10.9. The van der Waals surface area contributed by atoms with Crippen LogP contribution in [0.25, 0.3) is 0 Å². The summed E-state index contributed by atoms with van der Waals surface area (Å²) in [6, 6.07) is 0. The van der Waals surface area contributed by atoms with Gasteiger partial charge in [0.2, 0.25) is 5.91 Å². The minimum atomic E-state index is -0.383. The van der Waals surface area contributed by atoms with Crippen LogP contribution in [0.3, 0.4) is 0 Å². The fourth-order valence-corrected chi connectivity index (χ4v) is 4.60. The molecule has 2 rings (SSSR count). The second-order valence-electron chi connectivity index (χ2n) is 8.68. The number of fused-ring (bicyclic) bond motifs is 1.